The molecule has 3 aromatic heterocycles. The van der Waals surface area contributed by atoms with Crippen molar-refractivity contribution in [2.45, 2.75) is 13.0 Å². The van der Waals surface area contributed by atoms with Gasteiger partial charge in [0.15, 0.2) is 11.8 Å². The number of amides is 1. The van der Waals surface area contributed by atoms with Crippen LogP contribution in [-0.2, 0) is 0 Å². The molecule has 1 aromatic carbocycles. The molecule has 0 spiro atoms. The fraction of sp³-hybridized carbons (Fsp3) is 0.111. The summed E-state index contributed by atoms with van der Waals surface area (Å²) >= 11 is 12.2. The number of nitrogens with one attached hydrogen (secondary N) is 1. The van der Waals surface area contributed by atoms with Crippen molar-refractivity contribution >= 4 is 40.4 Å². The van der Waals surface area contributed by atoms with E-state index in [2.05, 4.69) is 15.1 Å². The van der Waals surface area contributed by atoms with Gasteiger partial charge in [-0.05, 0) is 25.1 Å². The number of imidazole rings is 1. The Labute approximate surface area is 177 Å². The standard InChI is InChI=1S/C18H13Cl2FN6O3/c1-8(14-11(19)2-3-12(21)15(14)20)30-27-13-4-9(5-23-16(13)25-18(27)29)10-6-24-26(7-10)17(22)28/h2-8H,1H3,(H2,22,28)(H,23,25,29). The number of halogens is 3. The number of primary amides is 1. The number of nitrogens with two attached hydrogens (primary N) is 1. The summed E-state index contributed by atoms with van der Waals surface area (Å²) in [5, 5.41) is 3.86. The molecule has 154 valence electrons. The van der Waals surface area contributed by atoms with Gasteiger partial charge in [-0.25, -0.2) is 19.0 Å². The van der Waals surface area contributed by atoms with Crippen LogP contribution in [0.5, 0.6) is 0 Å². The molecule has 3 N–H and O–H groups in total. The third kappa shape index (κ3) is 3.40. The molecule has 12 heteroatoms. The third-order valence-corrected chi connectivity index (χ3v) is 5.10. The van der Waals surface area contributed by atoms with Crippen LogP contribution in [0.2, 0.25) is 10.0 Å². The topological polar surface area (TPSA) is 121 Å². The van der Waals surface area contributed by atoms with E-state index in [1.165, 1.54) is 24.7 Å². The van der Waals surface area contributed by atoms with Crippen molar-refractivity contribution in [2.75, 3.05) is 0 Å². The van der Waals surface area contributed by atoms with Crippen LogP contribution in [0, 0.1) is 5.82 Å². The highest BCUT2D eigenvalue weighted by Crippen LogP contribution is 2.33. The molecule has 0 aliphatic rings. The molecule has 1 atom stereocenters. The molecule has 0 bridgehead atoms. The molecule has 0 saturated heterocycles. The van der Waals surface area contributed by atoms with Crippen LogP contribution in [0.25, 0.3) is 22.3 Å². The Hall–Kier alpha value is -3.37. The molecule has 1 unspecified atom stereocenters. The van der Waals surface area contributed by atoms with E-state index in [9.17, 15) is 14.0 Å². The Balaban J connectivity index is 1.76. The van der Waals surface area contributed by atoms with Gasteiger partial charge in [0, 0.05) is 34.1 Å². The first-order valence-electron chi connectivity index (χ1n) is 8.52. The van der Waals surface area contributed by atoms with Crippen LogP contribution < -0.4 is 16.3 Å². The van der Waals surface area contributed by atoms with Gasteiger partial charge in [-0.1, -0.05) is 23.2 Å². The maximum Gasteiger partial charge on any atom is 0.360 e. The Morgan fingerprint density at radius 2 is 2.07 bits per heavy atom. The van der Waals surface area contributed by atoms with E-state index in [4.69, 9.17) is 33.8 Å². The highest BCUT2D eigenvalue weighted by Gasteiger charge is 2.21. The highest BCUT2D eigenvalue weighted by molar-refractivity contribution is 6.36. The van der Waals surface area contributed by atoms with Crippen LogP contribution in [0.15, 0.2) is 41.6 Å². The Morgan fingerprint density at radius 3 is 2.77 bits per heavy atom. The molecule has 9 nitrogen and oxygen atoms in total. The summed E-state index contributed by atoms with van der Waals surface area (Å²) in [6, 6.07) is 3.37. The number of nitrogens with zero attached hydrogens (tertiary/aromatic N) is 4. The smallest absolute Gasteiger partial charge is 0.360 e. The maximum atomic E-state index is 13.9. The lowest BCUT2D eigenvalue weighted by Gasteiger charge is -2.17. The fourth-order valence-corrected chi connectivity index (χ4v) is 3.62. The average molecular weight is 451 g/mol. The number of benzene rings is 1. The summed E-state index contributed by atoms with van der Waals surface area (Å²) in [6.07, 6.45) is 3.49. The molecule has 0 aliphatic carbocycles. The molecular formula is C18H13Cl2FN6O3. The zero-order valence-corrected chi connectivity index (χ0v) is 16.8. The fourth-order valence-electron chi connectivity index (χ4n) is 2.95. The molecule has 1 amide bonds. The van der Waals surface area contributed by atoms with Crippen molar-refractivity contribution in [3.8, 4) is 11.1 Å². The molecule has 4 rings (SSSR count). The lowest BCUT2D eigenvalue weighted by Crippen LogP contribution is -2.26. The van der Waals surface area contributed by atoms with E-state index >= 15 is 0 Å². The Morgan fingerprint density at radius 1 is 1.30 bits per heavy atom. The lowest BCUT2D eigenvalue weighted by molar-refractivity contribution is 0.0492. The van der Waals surface area contributed by atoms with E-state index < -0.39 is 23.6 Å². The normalized spacial score (nSPS) is 12.3. The van der Waals surface area contributed by atoms with E-state index in [-0.39, 0.29) is 21.3 Å². The zero-order chi connectivity index (χ0) is 21.6. The second-order valence-electron chi connectivity index (χ2n) is 6.33. The minimum Gasteiger partial charge on any atom is -0.401 e. The summed E-state index contributed by atoms with van der Waals surface area (Å²) in [5.74, 6) is -0.659. The second-order valence-corrected chi connectivity index (χ2v) is 7.12. The second kappa shape index (κ2) is 7.47. The quantitative estimate of drug-likeness (QED) is 0.462. The van der Waals surface area contributed by atoms with Gasteiger partial charge < -0.3 is 10.6 Å². The van der Waals surface area contributed by atoms with Crippen molar-refractivity contribution < 1.29 is 14.0 Å². The number of rotatable bonds is 4. The lowest BCUT2D eigenvalue weighted by atomic mass is 10.1. The molecule has 0 radical (unpaired) electrons. The number of H-pyrrole nitrogens is 1. The third-order valence-electron chi connectivity index (χ3n) is 4.39. The number of hydrogen-bond donors (Lipinski definition) is 2. The summed E-state index contributed by atoms with van der Waals surface area (Å²) < 4.78 is 15.8. The first-order valence-corrected chi connectivity index (χ1v) is 9.28. The predicted molar refractivity (Wildman–Crippen MR) is 108 cm³/mol. The largest absolute Gasteiger partial charge is 0.401 e. The molecule has 4 aromatic rings. The van der Waals surface area contributed by atoms with Crippen LogP contribution >= 0.6 is 23.2 Å². The molecular weight excluding hydrogens is 438 g/mol. The van der Waals surface area contributed by atoms with Gasteiger partial charge in [0.2, 0.25) is 0 Å². The monoisotopic (exact) mass is 450 g/mol. The molecule has 0 aliphatic heterocycles. The number of carbonyl (C=O) groups is 1. The summed E-state index contributed by atoms with van der Waals surface area (Å²) in [4.78, 5) is 36.1. The van der Waals surface area contributed by atoms with Gasteiger partial charge in [-0.15, -0.1) is 4.73 Å². The molecule has 0 saturated carbocycles. The first kappa shape index (κ1) is 19.9. The van der Waals surface area contributed by atoms with E-state index in [0.717, 1.165) is 15.5 Å². The zero-order valence-electron chi connectivity index (χ0n) is 15.3. The number of carbonyl (C=O) groups excluding carboxylic acids is 1. The van der Waals surface area contributed by atoms with Crippen molar-refractivity contribution in [2.24, 2.45) is 5.73 Å². The van der Waals surface area contributed by atoms with E-state index in [1.54, 1.807) is 13.0 Å². The van der Waals surface area contributed by atoms with Gasteiger partial charge in [0.1, 0.15) is 11.3 Å². The first-order chi connectivity index (χ1) is 14.3. The minimum atomic E-state index is -0.862. The SMILES string of the molecule is CC(On1c(=O)[nH]c2ncc(-c3cnn(C(N)=O)c3)cc21)c1c(Cl)ccc(F)c1Cl. The van der Waals surface area contributed by atoms with Gasteiger partial charge in [0.05, 0.1) is 11.2 Å². The summed E-state index contributed by atoms with van der Waals surface area (Å²) in [7, 11) is 0. The minimum absolute atomic E-state index is 0.194. The molecule has 0 fully saturated rings. The van der Waals surface area contributed by atoms with Crippen molar-refractivity contribution in [1.29, 1.82) is 0 Å². The number of aromatic amines is 1. The van der Waals surface area contributed by atoms with Crippen LogP contribution in [0.4, 0.5) is 9.18 Å². The average Bonchev–Trinajstić information content (AvgIpc) is 3.30. The van der Waals surface area contributed by atoms with Gasteiger partial charge >= 0.3 is 11.7 Å². The molecule has 30 heavy (non-hydrogen) atoms. The van der Waals surface area contributed by atoms with Crippen LogP contribution in [-0.4, -0.2) is 30.5 Å². The Bertz CT molecular complexity index is 1350. The summed E-state index contributed by atoms with van der Waals surface area (Å²) in [5.41, 5.74) is 6.47. The predicted octanol–water partition coefficient (Wildman–Crippen LogP) is 3.15. The van der Waals surface area contributed by atoms with Crippen molar-refractivity contribution in [1.82, 2.24) is 24.5 Å². The van der Waals surface area contributed by atoms with Crippen LogP contribution in [0.1, 0.15) is 18.6 Å². The van der Waals surface area contributed by atoms with E-state index in [1.807, 2.05) is 0 Å². The van der Waals surface area contributed by atoms with Crippen LogP contribution in [0.3, 0.4) is 0 Å². The number of fused-ring (bicyclic) bond motifs is 1. The summed E-state index contributed by atoms with van der Waals surface area (Å²) in [6.45, 7) is 1.58. The van der Waals surface area contributed by atoms with Gasteiger partial charge in [0.25, 0.3) is 0 Å². The molecule has 3 heterocycles. The maximum absolute atomic E-state index is 13.9. The number of aromatic nitrogens is 5. The van der Waals surface area contributed by atoms with Gasteiger partial charge in [-0.2, -0.15) is 9.78 Å². The number of hydrogen-bond acceptors (Lipinski definition) is 5. The van der Waals surface area contributed by atoms with E-state index in [0.29, 0.717) is 16.6 Å². The highest BCUT2D eigenvalue weighted by atomic mass is 35.5. The van der Waals surface area contributed by atoms with Crippen molar-refractivity contribution in [3.63, 3.8) is 0 Å². The Kier molecular flexibility index (Phi) is 4.96. The van der Waals surface area contributed by atoms with Crippen molar-refractivity contribution in [3.05, 3.63) is 68.7 Å². The van der Waals surface area contributed by atoms with Gasteiger partial charge in [-0.3, -0.25) is 4.98 Å². The number of pyridine rings is 1.